The Kier molecular flexibility index (Phi) is 6.01. The predicted molar refractivity (Wildman–Crippen MR) is 109 cm³/mol. The Balaban J connectivity index is 1.46. The van der Waals surface area contributed by atoms with E-state index in [2.05, 4.69) is 10.1 Å². The third kappa shape index (κ3) is 4.45. The topological polar surface area (TPSA) is 77.7 Å². The third-order valence-electron chi connectivity index (χ3n) is 5.52. The maximum Gasteiger partial charge on any atom is 0.264 e. The summed E-state index contributed by atoms with van der Waals surface area (Å²) in [4.78, 5) is 18.8. The number of rotatable bonds is 6. The van der Waals surface area contributed by atoms with Crippen LogP contribution in [0.4, 0.5) is 8.78 Å². The molecule has 0 aliphatic carbocycles. The van der Waals surface area contributed by atoms with Gasteiger partial charge in [0.25, 0.3) is 18.0 Å². The van der Waals surface area contributed by atoms with Gasteiger partial charge >= 0.3 is 0 Å². The lowest BCUT2D eigenvalue weighted by molar-refractivity contribution is -0.134. The van der Waals surface area contributed by atoms with E-state index in [0.717, 1.165) is 12.8 Å². The number of aryl methyl sites for hydroxylation is 1. The van der Waals surface area contributed by atoms with Crippen LogP contribution in [0, 0.1) is 6.92 Å². The highest BCUT2D eigenvalue weighted by atomic mass is 19.3. The summed E-state index contributed by atoms with van der Waals surface area (Å²) in [5, 5.41) is 4.03. The van der Waals surface area contributed by atoms with Gasteiger partial charge in [0.1, 0.15) is 11.5 Å². The first-order valence-electron chi connectivity index (χ1n) is 10.1. The second-order valence-corrected chi connectivity index (χ2v) is 7.53. The summed E-state index contributed by atoms with van der Waals surface area (Å²) >= 11 is 0. The van der Waals surface area contributed by atoms with Crippen LogP contribution in [0.3, 0.4) is 0 Å². The first kappa shape index (κ1) is 21.0. The van der Waals surface area contributed by atoms with E-state index in [0.29, 0.717) is 36.0 Å². The van der Waals surface area contributed by atoms with Gasteiger partial charge in [-0.25, -0.2) is 13.8 Å². The van der Waals surface area contributed by atoms with E-state index in [1.165, 1.54) is 6.07 Å². The molecule has 1 amide bonds. The van der Waals surface area contributed by atoms with Crippen molar-refractivity contribution in [3.63, 3.8) is 0 Å². The van der Waals surface area contributed by atoms with Crippen LogP contribution in [0.15, 0.2) is 34.9 Å². The van der Waals surface area contributed by atoms with Crippen LogP contribution in [0.1, 0.15) is 42.1 Å². The number of amides is 1. The van der Waals surface area contributed by atoms with Crippen molar-refractivity contribution in [1.82, 2.24) is 15.0 Å². The molecule has 0 spiro atoms. The molecule has 0 N–H and O–H groups in total. The van der Waals surface area contributed by atoms with Crippen LogP contribution in [-0.2, 0) is 4.79 Å². The van der Waals surface area contributed by atoms with Crippen molar-refractivity contribution >= 4 is 17.0 Å². The molecule has 7 nitrogen and oxygen atoms in total. The zero-order valence-electron chi connectivity index (χ0n) is 17.3. The summed E-state index contributed by atoms with van der Waals surface area (Å²) in [5.41, 5.74) is 0.856. The number of nitrogens with zero attached hydrogens (tertiary/aromatic N) is 3. The molecule has 3 heterocycles. The minimum absolute atomic E-state index is 0.102. The van der Waals surface area contributed by atoms with E-state index in [1.807, 2.05) is 0 Å². The maximum absolute atomic E-state index is 13.6. The Morgan fingerprint density at radius 2 is 2.03 bits per heavy atom. The van der Waals surface area contributed by atoms with E-state index in [9.17, 15) is 13.6 Å². The van der Waals surface area contributed by atoms with Crippen LogP contribution in [0.2, 0.25) is 0 Å². The zero-order chi connectivity index (χ0) is 22.0. The third-order valence-corrected chi connectivity index (χ3v) is 5.52. The predicted octanol–water partition coefficient (Wildman–Crippen LogP) is 4.26. The van der Waals surface area contributed by atoms with Crippen LogP contribution in [0.5, 0.6) is 11.5 Å². The van der Waals surface area contributed by atoms with Crippen LogP contribution in [0.25, 0.3) is 11.1 Å². The number of ether oxygens (including phenoxy) is 2. The number of aromatic nitrogens is 2. The molecule has 0 radical (unpaired) electrons. The molecule has 0 unspecified atom stereocenters. The minimum atomic E-state index is -2.67. The molecule has 1 aliphatic heterocycles. The maximum atomic E-state index is 13.6. The molecule has 1 aliphatic rings. The van der Waals surface area contributed by atoms with E-state index >= 15 is 0 Å². The SMILES string of the molecule is COc1ccc(OCC(=O)N2CCC[C@@H](c3cc(C(F)F)c4c(C)noc4n3)C2)cc1. The second kappa shape index (κ2) is 8.87. The van der Waals surface area contributed by atoms with Crippen molar-refractivity contribution in [1.29, 1.82) is 0 Å². The molecule has 2 aromatic heterocycles. The second-order valence-electron chi connectivity index (χ2n) is 7.53. The van der Waals surface area contributed by atoms with E-state index < -0.39 is 6.43 Å². The molecular formula is C22H23F2N3O4. The first-order chi connectivity index (χ1) is 15.0. The van der Waals surface area contributed by atoms with Crippen LogP contribution in [-0.4, -0.2) is 47.8 Å². The average Bonchev–Trinajstić information content (AvgIpc) is 3.18. The summed E-state index contributed by atoms with van der Waals surface area (Å²) in [6.45, 7) is 2.49. The minimum Gasteiger partial charge on any atom is -0.497 e. The Hall–Kier alpha value is -3.23. The van der Waals surface area contributed by atoms with Crippen molar-refractivity contribution in [3.05, 3.63) is 47.3 Å². The fourth-order valence-corrected chi connectivity index (χ4v) is 3.88. The van der Waals surface area contributed by atoms with Crippen molar-refractivity contribution < 1.29 is 27.6 Å². The van der Waals surface area contributed by atoms with Crippen molar-refractivity contribution in [2.75, 3.05) is 26.8 Å². The number of hydrogen-bond acceptors (Lipinski definition) is 6. The molecule has 0 saturated carbocycles. The highest BCUT2D eigenvalue weighted by Crippen LogP contribution is 2.34. The number of piperidine rings is 1. The van der Waals surface area contributed by atoms with E-state index in [1.54, 1.807) is 43.2 Å². The summed E-state index contributed by atoms with van der Waals surface area (Å²) in [6, 6.07) is 8.39. The monoisotopic (exact) mass is 431 g/mol. The lowest BCUT2D eigenvalue weighted by atomic mass is 9.93. The molecule has 1 atom stereocenters. The van der Waals surface area contributed by atoms with Gasteiger partial charge in [-0.1, -0.05) is 5.16 Å². The Morgan fingerprint density at radius 1 is 1.29 bits per heavy atom. The molecule has 31 heavy (non-hydrogen) atoms. The van der Waals surface area contributed by atoms with Crippen molar-refractivity contribution in [2.45, 2.75) is 32.1 Å². The molecule has 4 rings (SSSR count). The van der Waals surface area contributed by atoms with Gasteiger partial charge in [0.05, 0.1) is 18.2 Å². The van der Waals surface area contributed by atoms with Gasteiger partial charge in [-0.15, -0.1) is 0 Å². The molecule has 164 valence electrons. The number of alkyl halides is 2. The molecule has 0 bridgehead atoms. The number of benzene rings is 1. The Bertz CT molecular complexity index is 1070. The molecule has 3 aromatic rings. The van der Waals surface area contributed by atoms with Gasteiger partial charge in [0.2, 0.25) is 0 Å². The number of carbonyl (C=O) groups excluding carboxylic acids is 1. The highest BCUT2D eigenvalue weighted by Gasteiger charge is 2.28. The summed E-state index contributed by atoms with van der Waals surface area (Å²) in [5.74, 6) is 0.946. The summed E-state index contributed by atoms with van der Waals surface area (Å²) < 4.78 is 43.1. The number of halogens is 2. The van der Waals surface area contributed by atoms with Gasteiger partial charge in [0, 0.05) is 30.3 Å². The number of pyridine rings is 1. The summed E-state index contributed by atoms with van der Waals surface area (Å²) in [6.07, 6.45) is -1.17. The fourth-order valence-electron chi connectivity index (χ4n) is 3.88. The van der Waals surface area contributed by atoms with E-state index in [4.69, 9.17) is 14.0 Å². The molecule has 1 fully saturated rings. The van der Waals surface area contributed by atoms with Crippen LogP contribution >= 0.6 is 0 Å². The number of hydrogen-bond donors (Lipinski definition) is 0. The van der Waals surface area contributed by atoms with E-state index in [-0.39, 0.29) is 35.1 Å². The van der Waals surface area contributed by atoms with Gasteiger partial charge in [-0.05, 0) is 50.1 Å². The van der Waals surface area contributed by atoms with Gasteiger partial charge < -0.3 is 18.9 Å². The lowest BCUT2D eigenvalue weighted by Gasteiger charge is -2.32. The highest BCUT2D eigenvalue weighted by molar-refractivity contribution is 5.80. The molecular weight excluding hydrogens is 408 g/mol. The number of likely N-dealkylation sites (tertiary alicyclic amines) is 1. The fraction of sp³-hybridized carbons (Fsp3) is 0.409. The zero-order valence-corrected chi connectivity index (χ0v) is 17.3. The molecule has 9 heteroatoms. The number of methoxy groups -OCH3 is 1. The quantitative estimate of drug-likeness (QED) is 0.580. The van der Waals surface area contributed by atoms with Gasteiger partial charge in [0.15, 0.2) is 6.61 Å². The normalized spacial score (nSPS) is 16.7. The summed E-state index contributed by atoms with van der Waals surface area (Å²) in [7, 11) is 1.58. The first-order valence-corrected chi connectivity index (χ1v) is 10.1. The largest absolute Gasteiger partial charge is 0.497 e. The number of fused-ring (bicyclic) bond motifs is 1. The lowest BCUT2D eigenvalue weighted by Crippen LogP contribution is -2.41. The van der Waals surface area contributed by atoms with Crippen molar-refractivity contribution in [3.8, 4) is 11.5 Å². The Labute approximate surface area is 177 Å². The van der Waals surface area contributed by atoms with Gasteiger partial charge in [-0.3, -0.25) is 4.79 Å². The van der Waals surface area contributed by atoms with Crippen LogP contribution < -0.4 is 9.47 Å². The molecule has 1 aromatic carbocycles. The number of carbonyl (C=O) groups is 1. The van der Waals surface area contributed by atoms with Crippen molar-refractivity contribution in [2.24, 2.45) is 0 Å². The standard InChI is InChI=1S/C22H23F2N3O4/c1-13-20-17(21(23)24)10-18(25-22(20)31-26-13)14-4-3-9-27(11-14)19(28)12-30-16-7-5-15(29-2)6-8-16/h5-8,10,14,21H,3-4,9,11-12H2,1-2H3/t14-/m1/s1. The smallest absolute Gasteiger partial charge is 0.264 e. The van der Waals surface area contributed by atoms with Gasteiger partial charge in [-0.2, -0.15) is 0 Å². The Morgan fingerprint density at radius 3 is 2.74 bits per heavy atom. The average molecular weight is 431 g/mol. The molecule has 1 saturated heterocycles.